The summed E-state index contributed by atoms with van der Waals surface area (Å²) in [6, 6.07) is 14.4. The van der Waals surface area contributed by atoms with Crippen molar-refractivity contribution in [2.45, 2.75) is 19.5 Å². The summed E-state index contributed by atoms with van der Waals surface area (Å²) < 4.78 is 57.1. The molecular formula is C23H25F2N3O4S. The fourth-order valence-electron chi connectivity index (χ4n) is 4.05. The lowest BCUT2D eigenvalue weighted by atomic mass is 9.97. The van der Waals surface area contributed by atoms with E-state index in [9.17, 15) is 22.0 Å². The molecule has 0 aromatic heterocycles. The van der Waals surface area contributed by atoms with Crippen molar-refractivity contribution >= 4 is 27.7 Å². The van der Waals surface area contributed by atoms with Gasteiger partial charge in [0.25, 0.3) is 0 Å². The Labute approximate surface area is 191 Å². The van der Waals surface area contributed by atoms with Crippen LogP contribution >= 0.6 is 0 Å². The SMILES string of the molecule is O=C(CNS(=O)(=O)C1=Cc2ccc(OC(F)F)cc2CC1)N1CCN(c2ccccc2)CC1. The summed E-state index contributed by atoms with van der Waals surface area (Å²) in [6.45, 7) is -0.813. The lowest BCUT2D eigenvalue weighted by Gasteiger charge is -2.36. The molecule has 2 aromatic rings. The lowest BCUT2D eigenvalue weighted by Crippen LogP contribution is -2.51. The molecule has 10 heteroatoms. The molecule has 0 unspecified atom stereocenters. The van der Waals surface area contributed by atoms with Crippen LogP contribution in [-0.2, 0) is 21.2 Å². The van der Waals surface area contributed by atoms with Gasteiger partial charge in [-0.25, -0.2) is 13.1 Å². The highest BCUT2D eigenvalue weighted by atomic mass is 32.2. The smallest absolute Gasteiger partial charge is 0.387 e. The van der Waals surface area contributed by atoms with E-state index in [4.69, 9.17) is 0 Å². The van der Waals surface area contributed by atoms with Crippen LogP contribution in [0.2, 0.25) is 0 Å². The maximum Gasteiger partial charge on any atom is 0.387 e. The minimum absolute atomic E-state index is 0.0412. The maximum absolute atomic E-state index is 12.7. The molecule has 1 aliphatic carbocycles. The van der Waals surface area contributed by atoms with E-state index in [0.29, 0.717) is 38.2 Å². The number of carbonyl (C=O) groups excluding carboxylic acids is 1. The topological polar surface area (TPSA) is 78.9 Å². The average Bonchev–Trinajstić information content (AvgIpc) is 2.82. The molecule has 7 nitrogen and oxygen atoms in total. The molecule has 0 saturated carbocycles. The number of nitrogens with one attached hydrogen (secondary N) is 1. The average molecular weight is 478 g/mol. The van der Waals surface area contributed by atoms with Crippen molar-refractivity contribution in [2.24, 2.45) is 0 Å². The highest BCUT2D eigenvalue weighted by molar-refractivity contribution is 7.93. The van der Waals surface area contributed by atoms with E-state index >= 15 is 0 Å². The van der Waals surface area contributed by atoms with Gasteiger partial charge in [0, 0.05) is 31.9 Å². The predicted octanol–water partition coefficient (Wildman–Crippen LogP) is 2.84. The molecule has 33 heavy (non-hydrogen) atoms. The van der Waals surface area contributed by atoms with Crippen molar-refractivity contribution in [1.29, 1.82) is 0 Å². The number of aryl methyl sites for hydroxylation is 1. The molecule has 1 heterocycles. The largest absolute Gasteiger partial charge is 0.435 e. The van der Waals surface area contributed by atoms with Gasteiger partial charge in [0.1, 0.15) is 5.75 Å². The zero-order valence-corrected chi connectivity index (χ0v) is 18.7. The number of benzene rings is 2. The fourth-order valence-corrected chi connectivity index (χ4v) is 5.20. The Morgan fingerprint density at radius 1 is 1.03 bits per heavy atom. The zero-order valence-electron chi connectivity index (χ0n) is 17.9. The summed E-state index contributed by atoms with van der Waals surface area (Å²) in [5.41, 5.74) is 2.47. The summed E-state index contributed by atoms with van der Waals surface area (Å²) in [5, 5.41) is 0. The molecule has 2 aliphatic rings. The van der Waals surface area contributed by atoms with Gasteiger partial charge in [0.2, 0.25) is 15.9 Å². The van der Waals surface area contributed by atoms with Gasteiger partial charge < -0.3 is 14.5 Å². The Balaban J connectivity index is 1.33. The van der Waals surface area contributed by atoms with Crippen LogP contribution in [0.3, 0.4) is 0 Å². The summed E-state index contributed by atoms with van der Waals surface area (Å²) >= 11 is 0. The summed E-state index contributed by atoms with van der Waals surface area (Å²) in [5.74, 6) is -0.226. The summed E-state index contributed by atoms with van der Waals surface area (Å²) in [6.07, 6.45) is 2.10. The number of allylic oxidation sites excluding steroid dienone is 1. The highest BCUT2D eigenvalue weighted by Gasteiger charge is 2.26. The van der Waals surface area contributed by atoms with Crippen molar-refractivity contribution in [1.82, 2.24) is 9.62 Å². The number of hydrogen-bond acceptors (Lipinski definition) is 5. The quantitative estimate of drug-likeness (QED) is 0.664. The van der Waals surface area contributed by atoms with E-state index in [2.05, 4.69) is 14.4 Å². The van der Waals surface area contributed by atoms with Crippen molar-refractivity contribution in [3.63, 3.8) is 0 Å². The number of halogens is 2. The van der Waals surface area contributed by atoms with E-state index in [1.165, 1.54) is 18.2 Å². The number of sulfonamides is 1. The number of nitrogens with zero attached hydrogens (tertiary/aromatic N) is 2. The number of hydrogen-bond donors (Lipinski definition) is 1. The molecule has 1 fully saturated rings. The monoisotopic (exact) mass is 477 g/mol. The van der Waals surface area contributed by atoms with E-state index in [-0.39, 0.29) is 29.5 Å². The molecule has 1 aliphatic heterocycles. The predicted molar refractivity (Wildman–Crippen MR) is 122 cm³/mol. The first-order valence-electron chi connectivity index (χ1n) is 10.7. The number of piperazine rings is 1. The summed E-state index contributed by atoms with van der Waals surface area (Å²) in [4.78, 5) is 16.6. The minimum Gasteiger partial charge on any atom is -0.435 e. The van der Waals surface area contributed by atoms with Crippen LogP contribution in [0.5, 0.6) is 5.75 Å². The van der Waals surface area contributed by atoms with Crippen LogP contribution in [-0.4, -0.2) is 58.6 Å². The molecular weight excluding hydrogens is 452 g/mol. The first kappa shape index (κ1) is 23.2. The number of carbonyl (C=O) groups is 1. The number of para-hydroxylation sites is 1. The van der Waals surface area contributed by atoms with Crippen molar-refractivity contribution < 1.29 is 26.7 Å². The number of ether oxygens (including phenoxy) is 1. The van der Waals surface area contributed by atoms with E-state index in [0.717, 1.165) is 11.3 Å². The molecule has 176 valence electrons. The van der Waals surface area contributed by atoms with Crippen LogP contribution in [0.15, 0.2) is 53.4 Å². The molecule has 1 amide bonds. The molecule has 0 bridgehead atoms. The number of rotatable bonds is 7. The molecule has 1 saturated heterocycles. The lowest BCUT2D eigenvalue weighted by molar-refractivity contribution is -0.130. The first-order chi connectivity index (χ1) is 15.8. The van der Waals surface area contributed by atoms with Crippen LogP contribution in [0.1, 0.15) is 17.5 Å². The highest BCUT2D eigenvalue weighted by Crippen LogP contribution is 2.30. The Morgan fingerprint density at radius 2 is 1.76 bits per heavy atom. The molecule has 4 rings (SSSR count). The van der Waals surface area contributed by atoms with Gasteiger partial charge in [-0.15, -0.1) is 0 Å². The van der Waals surface area contributed by atoms with Crippen molar-refractivity contribution in [3.05, 3.63) is 64.6 Å². The Hall–Kier alpha value is -2.98. The summed E-state index contributed by atoms with van der Waals surface area (Å²) in [7, 11) is -3.84. The molecule has 0 radical (unpaired) electrons. The Morgan fingerprint density at radius 3 is 2.45 bits per heavy atom. The van der Waals surface area contributed by atoms with E-state index in [1.54, 1.807) is 11.0 Å². The molecule has 0 spiro atoms. The van der Waals surface area contributed by atoms with Gasteiger partial charge in [-0.3, -0.25) is 4.79 Å². The van der Waals surface area contributed by atoms with Gasteiger partial charge in [0.15, 0.2) is 0 Å². The number of anilines is 1. The van der Waals surface area contributed by atoms with Crippen molar-refractivity contribution in [2.75, 3.05) is 37.6 Å². The third-order valence-electron chi connectivity index (χ3n) is 5.81. The van der Waals surface area contributed by atoms with E-state index < -0.39 is 16.6 Å². The van der Waals surface area contributed by atoms with Crippen molar-refractivity contribution in [3.8, 4) is 5.75 Å². The van der Waals surface area contributed by atoms with Gasteiger partial charge in [-0.05, 0) is 54.3 Å². The molecule has 2 aromatic carbocycles. The second kappa shape index (κ2) is 9.88. The normalized spacial score (nSPS) is 16.4. The van der Waals surface area contributed by atoms with Gasteiger partial charge in [0.05, 0.1) is 11.4 Å². The number of fused-ring (bicyclic) bond motifs is 1. The Bertz CT molecular complexity index is 1130. The van der Waals surface area contributed by atoms with Crippen LogP contribution in [0, 0.1) is 0 Å². The third-order valence-corrected chi connectivity index (χ3v) is 7.35. The molecule has 0 atom stereocenters. The van der Waals surface area contributed by atoms with Gasteiger partial charge in [-0.2, -0.15) is 8.78 Å². The second-order valence-corrected chi connectivity index (χ2v) is 9.70. The van der Waals surface area contributed by atoms with Crippen LogP contribution in [0.25, 0.3) is 6.08 Å². The number of amides is 1. The van der Waals surface area contributed by atoms with Gasteiger partial charge in [-0.1, -0.05) is 24.3 Å². The zero-order chi connectivity index (χ0) is 23.4. The Kier molecular flexibility index (Phi) is 6.94. The van der Waals surface area contributed by atoms with Crippen LogP contribution < -0.4 is 14.4 Å². The minimum atomic E-state index is -3.84. The standard InChI is InChI=1S/C23H25F2N3O4S/c24-23(25)32-20-8-6-18-15-21(9-7-17(18)14-20)33(30,31)26-16-22(29)28-12-10-27(11-13-28)19-4-2-1-3-5-19/h1-6,8,14-15,23,26H,7,9-13,16H2. The number of alkyl halides is 2. The first-order valence-corrected chi connectivity index (χ1v) is 12.2. The third kappa shape index (κ3) is 5.69. The van der Waals surface area contributed by atoms with E-state index in [1.807, 2.05) is 30.3 Å². The van der Waals surface area contributed by atoms with Gasteiger partial charge >= 0.3 is 6.61 Å². The molecule has 1 N–H and O–H groups in total. The maximum atomic E-state index is 12.7. The second-order valence-electron chi connectivity index (χ2n) is 7.88. The van der Waals surface area contributed by atoms with Crippen LogP contribution in [0.4, 0.5) is 14.5 Å². The fraction of sp³-hybridized carbons (Fsp3) is 0.348.